The minimum absolute atomic E-state index is 0.0714. The number of benzene rings is 2. The summed E-state index contributed by atoms with van der Waals surface area (Å²) < 4.78 is 94.2. The Hall–Kier alpha value is -4.54. The highest BCUT2D eigenvalue weighted by Crippen LogP contribution is 2.40. The predicted molar refractivity (Wildman–Crippen MR) is 331 cm³/mol. The van der Waals surface area contributed by atoms with Crippen molar-refractivity contribution in [3.63, 3.8) is 0 Å². The van der Waals surface area contributed by atoms with E-state index in [0.29, 0.717) is 0 Å². The number of rotatable bonds is 14. The third kappa shape index (κ3) is 16.8. The highest BCUT2D eigenvalue weighted by molar-refractivity contribution is 5.94. The van der Waals surface area contributed by atoms with Gasteiger partial charge in [0.2, 0.25) is 0 Å². The van der Waals surface area contributed by atoms with E-state index in [1.165, 1.54) is 48.5 Å². The lowest BCUT2D eigenvalue weighted by atomic mass is 9.94. The third-order valence-corrected chi connectivity index (χ3v) is 19.8. The van der Waals surface area contributed by atoms with Crippen LogP contribution in [0.2, 0.25) is 0 Å². The molecule has 0 spiro atoms. The van der Waals surface area contributed by atoms with E-state index in [-0.39, 0.29) is 22.5 Å². The highest BCUT2D eigenvalue weighted by atomic mass is 16.8. The Balaban J connectivity index is 0.903. The summed E-state index contributed by atoms with van der Waals surface area (Å²) in [7, 11) is 0. The van der Waals surface area contributed by atoms with Gasteiger partial charge in [-0.05, 0) is 24.3 Å². The first-order chi connectivity index (χ1) is 50.6. The average Bonchev–Trinajstić information content (AvgIpc) is 0.774. The molecule has 30 heterocycles. The molecule has 44 heteroatoms. The maximum absolute atomic E-state index is 12.3. The van der Waals surface area contributed by atoms with Gasteiger partial charge in [-0.25, -0.2) is 9.59 Å². The second-order valence-electron chi connectivity index (χ2n) is 26.6. The van der Waals surface area contributed by atoms with Gasteiger partial charge in [-0.15, -0.1) is 0 Å². The van der Waals surface area contributed by atoms with Crippen LogP contribution in [0.5, 0.6) is 0 Å². The number of hydrogen-bond acceptors (Lipinski definition) is 42. The van der Waals surface area contributed by atoms with Gasteiger partial charge in [0.1, 0.15) is 195 Å². The fraction of sp³-hybridized carbons (Fsp3) is 0.774. The van der Waals surface area contributed by atoms with Crippen LogP contribution in [0.4, 0.5) is 11.4 Å². The Bertz CT molecular complexity index is 3080. The largest absolute Gasteiger partial charge is 0.478 e. The van der Waals surface area contributed by atoms with Crippen LogP contribution in [0.15, 0.2) is 48.5 Å². The minimum Gasteiger partial charge on any atom is -0.478 e. The van der Waals surface area contributed by atoms with Crippen molar-refractivity contribution >= 4 is 23.3 Å². The van der Waals surface area contributed by atoms with Gasteiger partial charge in [-0.1, -0.05) is 24.3 Å². The van der Waals surface area contributed by atoms with Gasteiger partial charge in [0.15, 0.2) is 50.3 Å². The second kappa shape index (κ2) is 35.4. The van der Waals surface area contributed by atoms with Crippen LogP contribution in [-0.2, 0) is 75.8 Å². The van der Waals surface area contributed by atoms with Crippen LogP contribution in [0.3, 0.4) is 0 Å². The number of anilines is 2. The van der Waals surface area contributed by atoms with Crippen LogP contribution in [0.1, 0.15) is 20.7 Å². The number of aliphatic hydroxyl groups excluding tert-OH is 22. The Kier molecular flexibility index (Phi) is 27.6. The minimum atomic E-state index is -2.35. The van der Waals surface area contributed by atoms with E-state index in [1.807, 2.05) is 0 Å². The molecule has 30 fully saturated rings. The number of aliphatic hydroxyl groups is 22. The summed E-state index contributed by atoms with van der Waals surface area (Å²) in [4.78, 5) is 24.6. The Labute approximate surface area is 598 Å². The molecule has 0 saturated carbocycles. The lowest BCUT2D eigenvalue weighted by Gasteiger charge is -2.51. The molecule has 0 aliphatic carbocycles. The summed E-state index contributed by atoms with van der Waals surface area (Å²) in [6.45, 7) is -7.99. The number of ether oxygens (including phenoxy) is 16. The molecule has 44 nitrogen and oxygen atoms in total. The van der Waals surface area contributed by atoms with Gasteiger partial charge in [-0.3, -0.25) is 0 Å². The average molecular weight is 1540 g/mol. The van der Waals surface area contributed by atoms with Gasteiger partial charge >= 0.3 is 11.9 Å². The predicted octanol–water partition coefficient (Wildman–Crippen LogP) is -13.8. The van der Waals surface area contributed by atoms with Crippen molar-refractivity contribution in [3.05, 3.63) is 59.7 Å². The molecule has 0 amide bonds. The monoisotopic (exact) mass is 1530 g/mol. The fourth-order valence-electron chi connectivity index (χ4n) is 14.0. The lowest BCUT2D eigenvalue weighted by molar-refractivity contribution is -0.402. The second-order valence-corrected chi connectivity index (χ2v) is 26.6. The van der Waals surface area contributed by atoms with E-state index in [1.54, 1.807) is 0 Å². The Morgan fingerprint density at radius 1 is 0.245 bits per heavy atom. The number of hydrogen-bond donors (Lipinski definition) is 26. The molecule has 106 heavy (non-hydrogen) atoms. The number of carbonyl (C=O) groups is 2. The first kappa shape index (κ1) is 82.4. The SMILES string of the molecule is O=C(O)c1ccccc1NC[C@@H]1O[C@@H]2O[C@H]3[C@H](O)[C@@H](O)[C@@H](O[C@H]4[C@@H](O)[C@H](O)[C@@H](O[C@H]5[C@@H](O)[C@@H](O)[C@@H](O[C@H]6[C@@H](O)[C@@H](O)[C@@H](O[C@H]7[C@H](O)[C@@H](O)[C@@H](O[C@H]8[C@H](O)[C@@H](O)[C@@H](O[C@H]9[C@H](O)[C@@H](O)[C@@H](O[C@H]1[C@H](O)[C@H]2O)O[C@H]9CO)O[C@H]8CO)O[C@H]7CO)O[C@@H]6CO)O[C@@H]5CO)O[C@@H]4CNc1ccccc1C(=O)O)O[C@@H]3CO. The molecule has 600 valence electrons. The lowest BCUT2D eigenvalue weighted by Crippen LogP contribution is -2.69. The molecule has 2 aromatic carbocycles. The molecule has 0 unspecified atom stereocenters. The molecular weight excluding hydrogens is 1440 g/mol. The van der Waals surface area contributed by atoms with Crippen LogP contribution < -0.4 is 10.6 Å². The van der Waals surface area contributed by atoms with Crippen molar-refractivity contribution in [3.8, 4) is 0 Å². The fourth-order valence-corrected chi connectivity index (χ4v) is 14.0. The third-order valence-electron chi connectivity index (χ3n) is 19.8. The number of aromatic carboxylic acids is 2. The van der Waals surface area contributed by atoms with E-state index >= 15 is 0 Å². The maximum Gasteiger partial charge on any atom is 0.337 e. The molecule has 26 N–H and O–H groups in total. The molecule has 30 aliphatic heterocycles. The van der Waals surface area contributed by atoms with Crippen molar-refractivity contribution in [2.24, 2.45) is 0 Å². The molecule has 30 aliphatic rings. The van der Waals surface area contributed by atoms with Gasteiger partial charge in [-0.2, -0.15) is 0 Å². The van der Waals surface area contributed by atoms with Crippen LogP contribution >= 0.6 is 0 Å². The zero-order valence-corrected chi connectivity index (χ0v) is 55.5. The zero-order chi connectivity index (χ0) is 76.6. The molecule has 16 bridgehead atoms. The van der Waals surface area contributed by atoms with Crippen LogP contribution in [0, 0.1) is 0 Å². The van der Waals surface area contributed by atoms with Crippen molar-refractivity contribution in [2.45, 2.75) is 246 Å². The van der Waals surface area contributed by atoms with E-state index in [0.717, 1.165) is 0 Å². The Morgan fingerprint density at radius 2 is 0.406 bits per heavy atom. The van der Waals surface area contributed by atoms with Gasteiger partial charge in [0, 0.05) is 24.5 Å². The summed E-state index contributed by atoms with van der Waals surface area (Å²) in [5.41, 5.74) is -0.745. The standard InChI is InChI=1S/C62H90N2O42/c65-11-23-47-31(73)39(81)57(93-23)99-45-21(9-63-19-7-3-1-5-17(19)53(87)88)92-56(38(80)30(45)72)102-48-24(12-66)95-59(41(83)33(48)75)104-50-26(14-68)97-61(43(85)35(50)77)106-52-28(16-70)98-62(44(86)36(52)78)105-51-27(15-69)96-60(42(84)34(51)76)103-49-25(13-67)94-58(40(82)32(49)74)100-46-22(91-55(101-47)37(79)29(46)71)10-64-20-8-4-2-6-18(20)54(89)90/h1-8,21-52,55-86H,9-16H2,(H,87,88)(H,89,90)/t21-,22+,23-,24-,25+,26-,27+,28+,29-,30+,31-,32-,33+,34-,35+,36-,37-,38+,39-,40-,41-,42-,43-,44-,45-,46-,47-,48-,49-,50-,51-,52-,55-,56-,57-,58-,59-,60-,61-,62-/m1/s1. The number of carboxylic acids is 2. The van der Waals surface area contributed by atoms with Crippen molar-refractivity contribution in [1.29, 1.82) is 0 Å². The quantitative estimate of drug-likeness (QED) is 0.0835. The van der Waals surface area contributed by atoms with Crippen molar-refractivity contribution in [1.82, 2.24) is 0 Å². The molecule has 32 rings (SSSR count). The molecule has 0 aromatic heterocycles. The highest BCUT2D eigenvalue weighted by Gasteiger charge is 2.61. The summed E-state index contributed by atoms with van der Waals surface area (Å²) in [6, 6.07) is 10.7. The van der Waals surface area contributed by atoms with E-state index < -0.39 is 310 Å². The first-order valence-corrected chi connectivity index (χ1v) is 33.7. The van der Waals surface area contributed by atoms with E-state index in [2.05, 4.69) is 10.6 Å². The van der Waals surface area contributed by atoms with E-state index in [4.69, 9.17) is 75.8 Å². The molecule has 0 radical (unpaired) electrons. The van der Waals surface area contributed by atoms with E-state index in [9.17, 15) is 132 Å². The number of carboxylic acid groups (broad SMARTS) is 2. The first-order valence-electron chi connectivity index (χ1n) is 33.7. The van der Waals surface area contributed by atoms with Crippen molar-refractivity contribution < 1.29 is 208 Å². The topological polar surface area (TPSA) is 691 Å². The molecular formula is C62H90N2O42. The zero-order valence-electron chi connectivity index (χ0n) is 55.5. The summed E-state index contributed by atoms with van der Waals surface area (Å²) in [6.07, 6.45) is -84.3. The summed E-state index contributed by atoms with van der Waals surface area (Å²) in [5.74, 6) is -2.85. The van der Waals surface area contributed by atoms with Gasteiger partial charge in [0.25, 0.3) is 0 Å². The van der Waals surface area contributed by atoms with Gasteiger partial charge in [0.05, 0.1) is 50.8 Å². The summed E-state index contributed by atoms with van der Waals surface area (Å²) in [5, 5.41) is 277. The molecule has 30 saturated heterocycles. The maximum atomic E-state index is 12.3. The normalized spacial score (nSPS) is 47.8. The smallest absolute Gasteiger partial charge is 0.337 e. The summed E-state index contributed by atoms with van der Waals surface area (Å²) >= 11 is 0. The van der Waals surface area contributed by atoms with Crippen LogP contribution in [0.25, 0.3) is 0 Å². The number of para-hydroxylation sites is 2. The molecule has 2 aromatic rings. The molecule has 40 atom stereocenters. The van der Waals surface area contributed by atoms with Crippen molar-refractivity contribution in [2.75, 3.05) is 63.4 Å². The Morgan fingerprint density at radius 3 is 0.575 bits per heavy atom. The van der Waals surface area contributed by atoms with Gasteiger partial charge < -0.3 is 209 Å². The number of nitrogens with one attached hydrogen (secondary N) is 2. The van der Waals surface area contributed by atoms with Crippen LogP contribution in [-0.4, -0.2) is 433 Å².